The molecule has 0 aliphatic carbocycles. The molecule has 2 nitrogen and oxygen atoms in total. The normalized spacial score (nSPS) is 13.0. The van der Waals surface area contributed by atoms with Crippen LogP contribution >= 0.6 is 0 Å². The van der Waals surface area contributed by atoms with E-state index in [9.17, 15) is 9.59 Å². The largest absolute Gasteiger partial charge is 0.300 e. The Morgan fingerprint density at radius 1 is 0.692 bits per heavy atom. The fourth-order valence-electron chi connectivity index (χ4n) is 4.31. The smallest absolute Gasteiger partial charge is 0.136 e. The van der Waals surface area contributed by atoms with Gasteiger partial charge in [0.25, 0.3) is 0 Å². The summed E-state index contributed by atoms with van der Waals surface area (Å²) >= 11 is 0. The van der Waals surface area contributed by atoms with Gasteiger partial charge in [-0.25, -0.2) is 0 Å². The molecule has 2 heteroatoms. The van der Waals surface area contributed by atoms with Crippen LogP contribution in [0, 0.1) is 11.3 Å². The zero-order valence-corrected chi connectivity index (χ0v) is 18.5. The summed E-state index contributed by atoms with van der Waals surface area (Å²) in [5, 5.41) is 0. The molecule has 0 N–H and O–H groups in total. The van der Waals surface area contributed by atoms with Gasteiger partial charge in [0.2, 0.25) is 0 Å². The second-order valence-electron chi connectivity index (χ2n) is 8.23. The lowest BCUT2D eigenvalue weighted by atomic mass is 9.62. The molecular weight excluding hydrogens is 320 g/mol. The highest BCUT2D eigenvalue weighted by molar-refractivity contribution is 5.87. The van der Waals surface area contributed by atoms with Gasteiger partial charge >= 0.3 is 0 Å². The Hall–Kier alpha value is -0.660. The van der Waals surface area contributed by atoms with Crippen molar-refractivity contribution in [1.82, 2.24) is 0 Å². The van der Waals surface area contributed by atoms with Crippen LogP contribution in [-0.4, -0.2) is 11.6 Å². The lowest BCUT2D eigenvalue weighted by Crippen LogP contribution is -2.37. The molecule has 0 aliphatic heterocycles. The molecular formula is C24H46O2. The molecule has 154 valence electrons. The fourth-order valence-corrected chi connectivity index (χ4v) is 4.31. The fraction of sp³-hybridized carbons (Fsp3) is 0.917. The van der Waals surface area contributed by atoms with Crippen LogP contribution in [0.25, 0.3) is 0 Å². The number of rotatable bonds is 18. The van der Waals surface area contributed by atoms with Crippen molar-refractivity contribution in [2.24, 2.45) is 11.3 Å². The van der Waals surface area contributed by atoms with E-state index in [1.165, 1.54) is 57.8 Å². The van der Waals surface area contributed by atoms with Crippen molar-refractivity contribution < 1.29 is 9.59 Å². The van der Waals surface area contributed by atoms with E-state index in [1.54, 1.807) is 0 Å². The highest BCUT2D eigenvalue weighted by Crippen LogP contribution is 2.46. The van der Waals surface area contributed by atoms with Crippen molar-refractivity contribution in [2.45, 2.75) is 131 Å². The second kappa shape index (κ2) is 15.4. The van der Waals surface area contributed by atoms with Gasteiger partial charge < -0.3 is 0 Å². The molecule has 0 aliphatic rings. The van der Waals surface area contributed by atoms with Crippen molar-refractivity contribution >= 4 is 11.6 Å². The van der Waals surface area contributed by atoms with Crippen molar-refractivity contribution in [3.05, 3.63) is 0 Å². The quantitative estimate of drug-likeness (QED) is 0.249. The minimum absolute atomic E-state index is 0.164. The van der Waals surface area contributed by atoms with Gasteiger partial charge in [0.1, 0.15) is 11.6 Å². The summed E-state index contributed by atoms with van der Waals surface area (Å²) in [7, 11) is 0. The molecule has 0 aromatic heterocycles. The number of carbonyl (C=O) groups excluding carboxylic acids is 2. The topological polar surface area (TPSA) is 34.1 Å². The second-order valence-corrected chi connectivity index (χ2v) is 8.23. The number of unbranched alkanes of at least 4 members (excludes halogenated alkanes) is 4. The maximum atomic E-state index is 13.3. The Morgan fingerprint density at radius 3 is 1.54 bits per heavy atom. The molecule has 0 bridgehead atoms. The summed E-state index contributed by atoms with van der Waals surface area (Å²) in [6.45, 7) is 10.9. The van der Waals surface area contributed by atoms with Gasteiger partial charge in [-0.1, -0.05) is 86.0 Å². The number of hydrogen-bond donors (Lipinski definition) is 0. The first-order valence-corrected chi connectivity index (χ1v) is 11.6. The highest BCUT2D eigenvalue weighted by Gasteiger charge is 2.40. The molecule has 1 unspecified atom stereocenters. The standard InChI is InChI=1S/C24H46O2/c1-6-11-15-22(23(26)17-16-21(25)10-5)24(18-12-7-2,19-13-8-3)20-14-9-4/h22H,6-20H2,1-5H3. The van der Waals surface area contributed by atoms with E-state index in [0.29, 0.717) is 25.0 Å². The van der Waals surface area contributed by atoms with Crippen LogP contribution in [0.15, 0.2) is 0 Å². The Kier molecular flexibility index (Phi) is 15.0. The molecule has 0 fully saturated rings. The predicted octanol–water partition coefficient (Wildman–Crippen LogP) is 7.68. The van der Waals surface area contributed by atoms with Crippen molar-refractivity contribution in [1.29, 1.82) is 0 Å². The van der Waals surface area contributed by atoms with Crippen molar-refractivity contribution in [3.8, 4) is 0 Å². The van der Waals surface area contributed by atoms with Crippen molar-refractivity contribution in [2.75, 3.05) is 0 Å². The van der Waals surface area contributed by atoms with E-state index >= 15 is 0 Å². The molecule has 0 saturated carbocycles. The average Bonchev–Trinajstić information content (AvgIpc) is 2.66. The van der Waals surface area contributed by atoms with E-state index < -0.39 is 0 Å². The zero-order valence-electron chi connectivity index (χ0n) is 18.5. The molecule has 0 radical (unpaired) electrons. The van der Waals surface area contributed by atoms with Crippen LogP contribution in [0.4, 0.5) is 0 Å². The lowest BCUT2D eigenvalue weighted by molar-refractivity contribution is -0.131. The third-order valence-electron chi connectivity index (χ3n) is 6.10. The van der Waals surface area contributed by atoms with Gasteiger partial charge in [0.15, 0.2) is 0 Å². The predicted molar refractivity (Wildman–Crippen MR) is 114 cm³/mol. The zero-order chi connectivity index (χ0) is 19.8. The Balaban J connectivity index is 5.53. The Morgan fingerprint density at radius 2 is 1.15 bits per heavy atom. The van der Waals surface area contributed by atoms with Gasteiger partial charge in [0.05, 0.1) is 0 Å². The van der Waals surface area contributed by atoms with Crippen LogP contribution in [-0.2, 0) is 9.59 Å². The van der Waals surface area contributed by atoms with E-state index in [1.807, 2.05) is 6.92 Å². The number of ketones is 2. The van der Waals surface area contributed by atoms with Crippen LogP contribution in [0.5, 0.6) is 0 Å². The summed E-state index contributed by atoms with van der Waals surface area (Å²) < 4.78 is 0. The third-order valence-corrected chi connectivity index (χ3v) is 6.10. The van der Waals surface area contributed by atoms with Crippen molar-refractivity contribution in [3.63, 3.8) is 0 Å². The van der Waals surface area contributed by atoms with E-state index in [4.69, 9.17) is 0 Å². The molecule has 0 aromatic rings. The van der Waals surface area contributed by atoms with Crippen LogP contribution in [0.2, 0.25) is 0 Å². The molecule has 26 heavy (non-hydrogen) atoms. The Bertz CT molecular complexity index is 351. The van der Waals surface area contributed by atoms with Gasteiger partial charge in [0, 0.05) is 25.2 Å². The van der Waals surface area contributed by atoms with Crippen LogP contribution < -0.4 is 0 Å². The molecule has 0 amide bonds. The molecule has 1 atom stereocenters. The van der Waals surface area contributed by atoms with Gasteiger partial charge in [-0.3, -0.25) is 9.59 Å². The molecule has 0 saturated heterocycles. The maximum absolute atomic E-state index is 13.3. The highest BCUT2D eigenvalue weighted by atomic mass is 16.1. The minimum atomic E-state index is 0.164. The first-order chi connectivity index (χ1) is 12.5. The molecule has 0 spiro atoms. The summed E-state index contributed by atoms with van der Waals surface area (Å²) in [5.41, 5.74) is 0.170. The maximum Gasteiger partial charge on any atom is 0.136 e. The van der Waals surface area contributed by atoms with Crippen LogP contribution in [0.1, 0.15) is 131 Å². The lowest BCUT2D eigenvalue weighted by Gasteiger charge is -2.41. The van der Waals surface area contributed by atoms with E-state index in [0.717, 1.165) is 19.3 Å². The van der Waals surface area contributed by atoms with Gasteiger partial charge in [-0.05, 0) is 31.1 Å². The number of hydrogen-bond acceptors (Lipinski definition) is 2. The summed E-state index contributed by atoms with van der Waals surface area (Å²) in [4.78, 5) is 25.0. The van der Waals surface area contributed by atoms with E-state index in [2.05, 4.69) is 27.7 Å². The monoisotopic (exact) mass is 366 g/mol. The Labute approximate surface area is 163 Å². The SMILES string of the molecule is CCCCC(C(=O)CCC(=O)CC)C(CCCC)(CCCC)CCCC. The third kappa shape index (κ3) is 9.33. The molecule has 0 rings (SSSR count). The van der Waals surface area contributed by atoms with Gasteiger partial charge in [-0.15, -0.1) is 0 Å². The molecule has 0 heterocycles. The summed E-state index contributed by atoms with van der Waals surface area (Å²) in [5.74, 6) is 0.772. The number of Topliss-reactive ketones (excluding diaryl/α,β-unsaturated/α-hetero) is 2. The molecule has 0 aromatic carbocycles. The van der Waals surface area contributed by atoms with E-state index in [-0.39, 0.29) is 17.1 Å². The average molecular weight is 367 g/mol. The minimum Gasteiger partial charge on any atom is -0.300 e. The van der Waals surface area contributed by atoms with Crippen LogP contribution in [0.3, 0.4) is 0 Å². The number of carbonyl (C=O) groups is 2. The first kappa shape index (κ1) is 25.3. The van der Waals surface area contributed by atoms with Gasteiger partial charge in [-0.2, -0.15) is 0 Å². The summed E-state index contributed by atoms with van der Waals surface area (Å²) in [6.07, 6.45) is 15.6. The summed E-state index contributed by atoms with van der Waals surface area (Å²) in [6, 6.07) is 0. The first-order valence-electron chi connectivity index (χ1n) is 11.6.